The van der Waals surface area contributed by atoms with E-state index >= 15 is 0 Å². The number of ether oxygens (including phenoxy) is 1. The fourth-order valence-electron chi connectivity index (χ4n) is 3.23. The van der Waals surface area contributed by atoms with Crippen molar-refractivity contribution >= 4 is 40.4 Å². The zero-order chi connectivity index (χ0) is 17.9. The highest BCUT2D eigenvalue weighted by molar-refractivity contribution is 8.18. The van der Waals surface area contributed by atoms with Gasteiger partial charge in [-0.2, -0.15) is 4.99 Å². The summed E-state index contributed by atoms with van der Waals surface area (Å²) in [6, 6.07) is 8.13. The van der Waals surface area contributed by atoms with Crippen LogP contribution in [-0.2, 0) is 14.3 Å². The van der Waals surface area contributed by atoms with Gasteiger partial charge in [-0.25, -0.2) is 0 Å². The number of morpholine rings is 1. The van der Waals surface area contributed by atoms with Gasteiger partial charge in [0.15, 0.2) is 5.17 Å². The summed E-state index contributed by atoms with van der Waals surface area (Å²) in [6.07, 6.45) is 3.14. The quantitative estimate of drug-likeness (QED) is 0.743. The Hall–Kier alpha value is -2.12. The van der Waals surface area contributed by atoms with Crippen molar-refractivity contribution in [3.63, 3.8) is 0 Å². The van der Waals surface area contributed by atoms with E-state index in [1.807, 2.05) is 18.2 Å². The highest BCUT2D eigenvalue weighted by Crippen LogP contribution is 2.31. The maximum absolute atomic E-state index is 12.2. The Morgan fingerprint density at radius 1 is 0.962 bits per heavy atom. The molecule has 0 atom stereocenters. The highest BCUT2D eigenvalue weighted by Gasteiger charge is 2.27. The Labute approximate surface area is 156 Å². The summed E-state index contributed by atoms with van der Waals surface area (Å²) in [5.74, 6) is 0.172. The number of hydrogen-bond donors (Lipinski definition) is 0. The lowest BCUT2D eigenvalue weighted by molar-refractivity contribution is -0.119. The lowest BCUT2D eigenvalue weighted by Crippen LogP contribution is -2.38. The number of thioether (sulfide) groups is 1. The van der Waals surface area contributed by atoms with Crippen LogP contribution in [-0.4, -0.2) is 61.2 Å². The standard InChI is InChI=1S/C19H21N3O3S/c23-16-5-7-21(8-6-16)15-3-1-14(2-4-15)13-17-18(24)20-19(26-17)22-9-11-25-12-10-22/h1-4,13H,5-12H2/b17-13-. The fraction of sp³-hybridized carbons (Fsp3) is 0.421. The molecule has 1 aromatic rings. The molecule has 0 N–H and O–H groups in total. The number of benzene rings is 1. The van der Waals surface area contributed by atoms with Crippen LogP contribution in [0.1, 0.15) is 18.4 Å². The molecular weight excluding hydrogens is 350 g/mol. The lowest BCUT2D eigenvalue weighted by Gasteiger charge is -2.28. The monoisotopic (exact) mass is 371 g/mol. The van der Waals surface area contributed by atoms with Crippen LogP contribution in [0.15, 0.2) is 34.2 Å². The van der Waals surface area contributed by atoms with Crippen LogP contribution in [0.4, 0.5) is 5.69 Å². The number of carbonyl (C=O) groups excluding carboxylic acids is 2. The molecule has 0 spiro atoms. The molecule has 0 aromatic heterocycles. The summed E-state index contributed by atoms with van der Waals surface area (Å²) in [5.41, 5.74) is 2.10. The second kappa shape index (κ2) is 7.63. The van der Waals surface area contributed by atoms with E-state index < -0.39 is 0 Å². The molecule has 2 fully saturated rings. The first-order chi connectivity index (χ1) is 12.7. The van der Waals surface area contributed by atoms with Crippen molar-refractivity contribution < 1.29 is 14.3 Å². The van der Waals surface area contributed by atoms with Gasteiger partial charge in [0.1, 0.15) is 5.78 Å². The molecule has 0 saturated carbocycles. The number of ketones is 1. The Morgan fingerprint density at radius 3 is 2.35 bits per heavy atom. The van der Waals surface area contributed by atoms with Gasteiger partial charge in [-0.15, -0.1) is 0 Å². The normalized spacial score (nSPS) is 22.9. The highest BCUT2D eigenvalue weighted by atomic mass is 32.2. The van der Waals surface area contributed by atoms with Crippen molar-refractivity contribution in [2.24, 2.45) is 4.99 Å². The number of amides is 1. The van der Waals surface area contributed by atoms with Gasteiger partial charge in [0.05, 0.1) is 18.1 Å². The van der Waals surface area contributed by atoms with Crippen LogP contribution >= 0.6 is 11.8 Å². The molecule has 7 heteroatoms. The summed E-state index contributed by atoms with van der Waals surface area (Å²) in [6.45, 7) is 4.47. The molecule has 3 aliphatic heterocycles. The van der Waals surface area contributed by atoms with Crippen molar-refractivity contribution in [1.29, 1.82) is 0 Å². The number of amidine groups is 1. The largest absolute Gasteiger partial charge is 0.378 e. The molecule has 1 amide bonds. The number of aliphatic imine (C=N–C) groups is 1. The van der Waals surface area contributed by atoms with Crippen molar-refractivity contribution in [3.05, 3.63) is 34.7 Å². The van der Waals surface area contributed by atoms with E-state index in [1.54, 1.807) is 0 Å². The number of rotatable bonds is 2. The SMILES string of the molecule is O=C1CCN(c2ccc(/C=C3\SC(N4CCOCC4)=NC3=O)cc2)CC1. The van der Waals surface area contributed by atoms with Crippen LogP contribution in [0.3, 0.4) is 0 Å². The van der Waals surface area contributed by atoms with E-state index in [9.17, 15) is 9.59 Å². The molecule has 0 aliphatic carbocycles. The zero-order valence-corrected chi connectivity index (χ0v) is 15.3. The minimum Gasteiger partial charge on any atom is -0.378 e. The summed E-state index contributed by atoms with van der Waals surface area (Å²) < 4.78 is 5.35. The topological polar surface area (TPSA) is 62.2 Å². The Bertz CT molecular complexity index is 757. The number of anilines is 1. The van der Waals surface area contributed by atoms with Crippen LogP contribution in [0, 0.1) is 0 Å². The molecule has 6 nitrogen and oxygen atoms in total. The van der Waals surface area contributed by atoms with Crippen molar-refractivity contribution in [1.82, 2.24) is 4.90 Å². The molecule has 0 radical (unpaired) electrons. The van der Waals surface area contributed by atoms with Crippen molar-refractivity contribution in [2.75, 3.05) is 44.3 Å². The third-order valence-electron chi connectivity index (χ3n) is 4.77. The Balaban J connectivity index is 1.42. The fourth-order valence-corrected chi connectivity index (χ4v) is 4.20. The van der Waals surface area contributed by atoms with E-state index in [1.165, 1.54) is 11.8 Å². The van der Waals surface area contributed by atoms with Crippen LogP contribution in [0.25, 0.3) is 6.08 Å². The molecule has 136 valence electrons. The minimum atomic E-state index is -0.171. The smallest absolute Gasteiger partial charge is 0.286 e. The third-order valence-corrected chi connectivity index (χ3v) is 5.81. The van der Waals surface area contributed by atoms with E-state index in [4.69, 9.17) is 4.74 Å². The molecular formula is C19H21N3O3S. The minimum absolute atomic E-state index is 0.171. The van der Waals surface area contributed by atoms with Gasteiger partial charge in [0, 0.05) is 44.7 Å². The summed E-state index contributed by atoms with van der Waals surface area (Å²) in [4.78, 5) is 32.8. The Morgan fingerprint density at radius 2 is 1.65 bits per heavy atom. The average molecular weight is 371 g/mol. The van der Waals surface area contributed by atoms with Gasteiger partial charge in [-0.3, -0.25) is 9.59 Å². The molecule has 4 rings (SSSR count). The lowest BCUT2D eigenvalue weighted by atomic mass is 10.1. The number of carbonyl (C=O) groups is 2. The predicted octanol–water partition coefficient (Wildman–Crippen LogP) is 2.16. The first-order valence-electron chi connectivity index (χ1n) is 8.91. The van der Waals surface area contributed by atoms with E-state index in [-0.39, 0.29) is 5.91 Å². The molecule has 3 aliphatic rings. The molecule has 3 heterocycles. The molecule has 2 saturated heterocycles. The van der Waals surface area contributed by atoms with Gasteiger partial charge in [-0.05, 0) is 35.5 Å². The number of piperidine rings is 1. The first-order valence-corrected chi connectivity index (χ1v) is 9.73. The molecule has 1 aromatic carbocycles. The van der Waals surface area contributed by atoms with Crippen LogP contribution < -0.4 is 4.90 Å². The predicted molar refractivity (Wildman–Crippen MR) is 103 cm³/mol. The van der Waals surface area contributed by atoms with Gasteiger partial charge in [0.25, 0.3) is 5.91 Å². The average Bonchev–Trinajstić information content (AvgIpc) is 3.04. The van der Waals surface area contributed by atoms with Gasteiger partial charge in [-0.1, -0.05) is 12.1 Å². The molecule has 0 unspecified atom stereocenters. The summed E-state index contributed by atoms with van der Waals surface area (Å²) in [7, 11) is 0. The second-order valence-corrected chi connectivity index (χ2v) is 7.54. The van der Waals surface area contributed by atoms with Gasteiger partial charge in [0.2, 0.25) is 0 Å². The maximum Gasteiger partial charge on any atom is 0.286 e. The zero-order valence-electron chi connectivity index (χ0n) is 14.5. The van der Waals surface area contributed by atoms with E-state index in [2.05, 4.69) is 26.9 Å². The van der Waals surface area contributed by atoms with Gasteiger partial charge < -0.3 is 14.5 Å². The van der Waals surface area contributed by atoms with Crippen LogP contribution in [0.2, 0.25) is 0 Å². The third kappa shape index (κ3) is 3.83. The van der Waals surface area contributed by atoms with E-state index in [0.29, 0.717) is 36.7 Å². The van der Waals surface area contributed by atoms with Crippen molar-refractivity contribution in [3.8, 4) is 0 Å². The van der Waals surface area contributed by atoms with E-state index in [0.717, 1.165) is 42.6 Å². The number of nitrogens with zero attached hydrogens (tertiary/aromatic N) is 3. The molecule has 0 bridgehead atoms. The maximum atomic E-state index is 12.2. The summed E-state index contributed by atoms with van der Waals surface area (Å²) in [5, 5.41) is 0.777. The first kappa shape index (κ1) is 17.3. The van der Waals surface area contributed by atoms with Crippen molar-refractivity contribution in [2.45, 2.75) is 12.8 Å². The second-order valence-electron chi connectivity index (χ2n) is 6.53. The van der Waals surface area contributed by atoms with Crippen LogP contribution in [0.5, 0.6) is 0 Å². The number of hydrogen-bond acceptors (Lipinski definition) is 6. The Kier molecular flexibility index (Phi) is 5.08. The van der Waals surface area contributed by atoms with Gasteiger partial charge >= 0.3 is 0 Å². The number of Topliss-reactive ketones (excluding diaryl/α,β-unsaturated/α-hetero) is 1. The summed E-state index contributed by atoms with van der Waals surface area (Å²) >= 11 is 1.44. The molecule has 26 heavy (non-hydrogen) atoms.